The lowest BCUT2D eigenvalue weighted by Crippen LogP contribution is -2.25. The fourth-order valence-corrected chi connectivity index (χ4v) is 5.22. The van der Waals surface area contributed by atoms with Crippen molar-refractivity contribution in [3.8, 4) is 5.75 Å². The van der Waals surface area contributed by atoms with Crippen molar-refractivity contribution in [2.24, 2.45) is 0 Å². The topological polar surface area (TPSA) is 72.7 Å². The van der Waals surface area contributed by atoms with E-state index >= 15 is 0 Å². The zero-order valence-corrected chi connectivity index (χ0v) is 18.3. The first-order valence-electron chi connectivity index (χ1n) is 8.21. The lowest BCUT2D eigenvalue weighted by atomic mass is 10.2. The molecule has 28 heavy (non-hydrogen) atoms. The van der Waals surface area contributed by atoms with Gasteiger partial charge in [0.15, 0.2) is 11.0 Å². The molecular weight excluding hydrogens is 464 g/mol. The molecule has 2 aromatic carbocycles. The number of anilines is 1. The Morgan fingerprint density at radius 3 is 2.50 bits per heavy atom. The van der Waals surface area contributed by atoms with Crippen LogP contribution in [0.1, 0.15) is 10.4 Å². The quantitative estimate of drug-likeness (QED) is 0.332. The van der Waals surface area contributed by atoms with E-state index in [-0.39, 0.29) is 12.2 Å². The second-order valence-corrected chi connectivity index (χ2v) is 9.15. The van der Waals surface area contributed by atoms with Crippen LogP contribution in [-0.4, -0.2) is 16.2 Å². The molecule has 0 radical (unpaired) electrons. The summed E-state index contributed by atoms with van der Waals surface area (Å²) >= 11 is 4.89. The minimum atomic E-state index is -1.50. The third-order valence-corrected chi connectivity index (χ3v) is 7.28. The van der Waals surface area contributed by atoms with E-state index in [1.165, 1.54) is 6.07 Å². The Balaban J connectivity index is 2.01. The molecule has 0 fully saturated rings. The lowest BCUT2D eigenvalue weighted by molar-refractivity contribution is -0.385. The number of halogens is 1. The summed E-state index contributed by atoms with van der Waals surface area (Å²) in [4.78, 5) is 12.4. The summed E-state index contributed by atoms with van der Waals surface area (Å²) in [5.41, 5.74) is 1.49. The number of hydrogen-bond acceptors (Lipinski definition) is 5. The summed E-state index contributed by atoms with van der Waals surface area (Å²) in [6.07, 6.45) is 0. The highest BCUT2D eigenvalue weighted by Gasteiger charge is 2.23. The third-order valence-electron chi connectivity index (χ3n) is 4.13. The first-order chi connectivity index (χ1) is 13.4. The van der Waals surface area contributed by atoms with E-state index in [0.29, 0.717) is 20.7 Å². The maximum Gasteiger partial charge on any atom is 0.283 e. The van der Waals surface area contributed by atoms with Gasteiger partial charge in [0.05, 0.1) is 29.2 Å². The van der Waals surface area contributed by atoms with E-state index in [1.54, 1.807) is 59.2 Å². The predicted molar refractivity (Wildman–Crippen MR) is 115 cm³/mol. The molecule has 1 aromatic heterocycles. The maximum atomic E-state index is 13.4. The number of aryl methyl sites for hydroxylation is 1. The van der Waals surface area contributed by atoms with Crippen molar-refractivity contribution >= 4 is 49.6 Å². The second-order valence-electron chi connectivity index (χ2n) is 5.83. The van der Waals surface area contributed by atoms with Gasteiger partial charge in [-0.3, -0.25) is 14.4 Å². The predicted octanol–water partition coefficient (Wildman–Crippen LogP) is 5.47. The Morgan fingerprint density at radius 1 is 1.21 bits per heavy atom. The normalized spacial score (nSPS) is 11.8. The Hall–Kier alpha value is -2.23. The van der Waals surface area contributed by atoms with Gasteiger partial charge in [0.25, 0.3) is 5.69 Å². The average molecular weight is 481 g/mol. The van der Waals surface area contributed by atoms with Crippen LogP contribution in [-0.2, 0) is 17.5 Å². The van der Waals surface area contributed by atoms with E-state index in [2.05, 4.69) is 15.9 Å². The number of nitro groups is 1. The third kappa shape index (κ3) is 4.26. The van der Waals surface area contributed by atoms with E-state index in [9.17, 15) is 14.3 Å². The first kappa shape index (κ1) is 20.5. The van der Waals surface area contributed by atoms with Gasteiger partial charge in [-0.15, -0.1) is 11.3 Å². The number of hydrogen-bond donors (Lipinski definition) is 0. The van der Waals surface area contributed by atoms with Gasteiger partial charge in [-0.05, 0) is 64.1 Å². The van der Waals surface area contributed by atoms with Crippen LogP contribution in [0.5, 0.6) is 5.75 Å². The molecule has 0 spiro atoms. The Labute approximate surface area is 177 Å². The van der Waals surface area contributed by atoms with Crippen molar-refractivity contribution in [1.29, 1.82) is 0 Å². The minimum absolute atomic E-state index is 0.0188. The molecule has 0 aliphatic rings. The van der Waals surface area contributed by atoms with Gasteiger partial charge in [0.1, 0.15) is 10.2 Å². The Morgan fingerprint density at radius 2 is 1.93 bits per heavy atom. The molecule has 0 aliphatic carbocycles. The highest BCUT2D eigenvalue weighted by molar-refractivity contribution is 9.10. The average Bonchev–Trinajstić information content (AvgIpc) is 3.12. The van der Waals surface area contributed by atoms with Crippen LogP contribution < -0.4 is 9.04 Å². The van der Waals surface area contributed by atoms with Crippen molar-refractivity contribution in [3.05, 3.63) is 78.9 Å². The smallest absolute Gasteiger partial charge is 0.283 e. The van der Waals surface area contributed by atoms with E-state index in [1.807, 2.05) is 18.4 Å². The summed E-state index contributed by atoms with van der Waals surface area (Å²) in [5, 5.41) is 13.2. The lowest BCUT2D eigenvalue weighted by Gasteiger charge is -2.24. The van der Waals surface area contributed by atoms with E-state index < -0.39 is 15.9 Å². The summed E-state index contributed by atoms with van der Waals surface area (Å²) < 4.78 is 20.7. The standard InChI is InChI=1S/C19H17BrN2O4S2/c1-13-17(10-11-27-13)21(28(25)16-8-6-15(26-2)7-9-16)12-14-4-3-5-18(19(14)20)22(23)24/h3-11H,12H2,1-2H3. The number of nitro benzene ring substituents is 1. The maximum absolute atomic E-state index is 13.4. The number of benzene rings is 2. The SMILES string of the molecule is COc1ccc(S(=O)N(Cc2cccc([N+](=O)[O-])c2Br)c2ccsc2C)cc1. The molecule has 0 amide bonds. The number of nitrogens with zero attached hydrogens (tertiary/aromatic N) is 2. The van der Waals surface area contributed by atoms with Crippen molar-refractivity contribution < 1.29 is 13.9 Å². The molecule has 0 bridgehead atoms. The molecule has 0 saturated carbocycles. The van der Waals surface area contributed by atoms with Crippen molar-refractivity contribution in [3.63, 3.8) is 0 Å². The van der Waals surface area contributed by atoms with Crippen molar-refractivity contribution in [1.82, 2.24) is 0 Å². The monoisotopic (exact) mass is 480 g/mol. The van der Waals surface area contributed by atoms with Gasteiger partial charge >= 0.3 is 0 Å². The van der Waals surface area contributed by atoms with Gasteiger partial charge in [-0.2, -0.15) is 0 Å². The summed E-state index contributed by atoms with van der Waals surface area (Å²) in [5.74, 6) is 0.681. The van der Waals surface area contributed by atoms with Gasteiger partial charge in [-0.1, -0.05) is 12.1 Å². The van der Waals surface area contributed by atoms with Crippen LogP contribution in [0.15, 0.2) is 63.3 Å². The number of methoxy groups -OCH3 is 1. The number of ether oxygens (including phenoxy) is 1. The Bertz CT molecular complexity index is 1020. The largest absolute Gasteiger partial charge is 0.497 e. The molecule has 0 saturated heterocycles. The van der Waals surface area contributed by atoms with Crippen LogP contribution in [0, 0.1) is 17.0 Å². The molecule has 1 atom stereocenters. The van der Waals surface area contributed by atoms with Gasteiger partial charge in [0.2, 0.25) is 0 Å². The molecule has 3 rings (SSSR count). The number of rotatable bonds is 7. The van der Waals surface area contributed by atoms with Crippen molar-refractivity contribution in [2.45, 2.75) is 18.4 Å². The van der Waals surface area contributed by atoms with Crippen LogP contribution in [0.4, 0.5) is 11.4 Å². The molecule has 146 valence electrons. The van der Waals surface area contributed by atoms with Crippen LogP contribution in [0.3, 0.4) is 0 Å². The fraction of sp³-hybridized carbons (Fsp3) is 0.158. The second kappa shape index (κ2) is 8.85. The minimum Gasteiger partial charge on any atom is -0.497 e. The summed E-state index contributed by atoms with van der Waals surface area (Å²) in [6, 6.07) is 13.8. The van der Waals surface area contributed by atoms with Crippen LogP contribution in [0.2, 0.25) is 0 Å². The van der Waals surface area contributed by atoms with Crippen LogP contribution >= 0.6 is 27.3 Å². The highest BCUT2D eigenvalue weighted by atomic mass is 79.9. The molecule has 0 aliphatic heterocycles. The first-order valence-corrected chi connectivity index (χ1v) is 11.0. The van der Waals surface area contributed by atoms with Crippen LogP contribution in [0.25, 0.3) is 0 Å². The molecule has 0 N–H and O–H groups in total. The fourth-order valence-electron chi connectivity index (χ4n) is 2.67. The zero-order chi connectivity index (χ0) is 20.3. The number of thiophene rings is 1. The van der Waals surface area contributed by atoms with Crippen molar-refractivity contribution in [2.75, 3.05) is 11.4 Å². The highest BCUT2D eigenvalue weighted by Crippen LogP contribution is 2.34. The zero-order valence-electron chi connectivity index (χ0n) is 15.1. The van der Waals surface area contributed by atoms with E-state index in [4.69, 9.17) is 4.74 Å². The molecular formula is C19H17BrN2O4S2. The van der Waals surface area contributed by atoms with Gasteiger partial charge < -0.3 is 4.74 Å². The molecule has 3 aromatic rings. The Kier molecular flexibility index (Phi) is 6.48. The molecule has 9 heteroatoms. The molecule has 1 unspecified atom stereocenters. The molecule has 6 nitrogen and oxygen atoms in total. The summed E-state index contributed by atoms with van der Waals surface area (Å²) in [7, 11) is 0.0728. The molecule has 1 heterocycles. The van der Waals surface area contributed by atoms with Gasteiger partial charge in [-0.25, -0.2) is 4.21 Å². The van der Waals surface area contributed by atoms with E-state index in [0.717, 1.165) is 10.6 Å². The van der Waals surface area contributed by atoms with Gasteiger partial charge in [0, 0.05) is 10.9 Å². The summed E-state index contributed by atoms with van der Waals surface area (Å²) in [6.45, 7) is 2.21.